The normalized spacial score (nSPS) is 28.9. The van der Waals surface area contributed by atoms with Crippen LogP contribution in [0.5, 0.6) is 0 Å². The van der Waals surface area contributed by atoms with Crippen LogP contribution in [0.4, 0.5) is 0 Å². The Morgan fingerprint density at radius 3 is 2.45 bits per heavy atom. The van der Waals surface area contributed by atoms with Gasteiger partial charge in [0.15, 0.2) is 0 Å². The minimum absolute atomic E-state index is 0.0443. The van der Waals surface area contributed by atoms with Crippen LogP contribution in [0.2, 0.25) is 0 Å². The molecule has 1 saturated carbocycles. The van der Waals surface area contributed by atoms with E-state index in [2.05, 4.69) is 33.0 Å². The molecule has 0 aromatic heterocycles. The highest BCUT2D eigenvalue weighted by atomic mass is 16.1. The minimum atomic E-state index is 0.0443. The van der Waals surface area contributed by atoms with Gasteiger partial charge in [0.25, 0.3) is 5.91 Å². The molecule has 2 nitrogen and oxygen atoms in total. The van der Waals surface area contributed by atoms with E-state index in [-0.39, 0.29) is 11.3 Å². The lowest BCUT2D eigenvalue weighted by atomic mass is 9.61. The van der Waals surface area contributed by atoms with E-state index >= 15 is 0 Å². The van der Waals surface area contributed by atoms with Crippen molar-refractivity contribution in [3.8, 4) is 0 Å². The number of benzene rings is 1. The molecule has 0 aliphatic heterocycles. The molecule has 1 fully saturated rings. The van der Waals surface area contributed by atoms with Gasteiger partial charge in [-0.05, 0) is 48.1 Å². The first-order chi connectivity index (χ1) is 9.30. The molecule has 1 aromatic carbocycles. The number of rotatable bonds is 3. The molecule has 2 rings (SSSR count). The average Bonchev–Trinajstić information content (AvgIpc) is 2.34. The van der Waals surface area contributed by atoms with Crippen LogP contribution in [-0.4, -0.2) is 12.5 Å². The number of carbonyl (C=O) groups excluding carboxylic acids is 1. The standard InChI is InChI=1S/C18H27NO/c1-14-10-17(2,3)12-18(4,11-14)13-19-16(20)15-8-6-5-7-9-15/h5-9,14H,10-13H2,1-4H3,(H,19,20). The largest absolute Gasteiger partial charge is 0.351 e. The Labute approximate surface area is 123 Å². The molecule has 1 aromatic rings. The second-order valence-corrected chi connectivity index (χ2v) is 7.71. The zero-order chi connectivity index (χ0) is 14.8. The molecule has 0 bridgehead atoms. The first kappa shape index (κ1) is 15.1. The van der Waals surface area contributed by atoms with E-state index < -0.39 is 0 Å². The van der Waals surface area contributed by atoms with E-state index in [9.17, 15) is 4.79 Å². The van der Waals surface area contributed by atoms with E-state index in [1.165, 1.54) is 19.3 Å². The summed E-state index contributed by atoms with van der Waals surface area (Å²) in [6.45, 7) is 10.1. The van der Waals surface area contributed by atoms with Gasteiger partial charge in [-0.3, -0.25) is 4.79 Å². The molecule has 0 heterocycles. The number of nitrogens with one attached hydrogen (secondary N) is 1. The van der Waals surface area contributed by atoms with Crippen molar-refractivity contribution in [3.63, 3.8) is 0 Å². The lowest BCUT2D eigenvalue weighted by Gasteiger charge is -2.46. The molecule has 0 saturated heterocycles. The summed E-state index contributed by atoms with van der Waals surface area (Å²) in [5.74, 6) is 0.778. The Bertz CT molecular complexity index is 466. The molecular weight excluding hydrogens is 246 g/mol. The van der Waals surface area contributed by atoms with Crippen molar-refractivity contribution in [1.29, 1.82) is 0 Å². The van der Waals surface area contributed by atoms with E-state index in [1.54, 1.807) is 0 Å². The first-order valence-corrected chi connectivity index (χ1v) is 7.63. The van der Waals surface area contributed by atoms with Crippen molar-refractivity contribution in [2.75, 3.05) is 6.54 Å². The summed E-state index contributed by atoms with van der Waals surface area (Å²) in [6, 6.07) is 9.48. The molecule has 0 radical (unpaired) electrons. The SMILES string of the molecule is CC1CC(C)(C)CC(C)(CNC(=O)c2ccccc2)C1. The van der Waals surface area contributed by atoms with Gasteiger partial charge in [-0.2, -0.15) is 0 Å². The highest BCUT2D eigenvalue weighted by Crippen LogP contribution is 2.48. The highest BCUT2D eigenvalue weighted by Gasteiger charge is 2.39. The van der Waals surface area contributed by atoms with Gasteiger partial charge in [-0.1, -0.05) is 45.9 Å². The summed E-state index contributed by atoms with van der Waals surface area (Å²) < 4.78 is 0. The van der Waals surface area contributed by atoms with Crippen molar-refractivity contribution in [2.45, 2.75) is 47.0 Å². The van der Waals surface area contributed by atoms with Crippen LogP contribution in [0.15, 0.2) is 30.3 Å². The maximum absolute atomic E-state index is 12.2. The van der Waals surface area contributed by atoms with Gasteiger partial charge >= 0.3 is 0 Å². The molecule has 2 unspecified atom stereocenters. The Morgan fingerprint density at radius 2 is 1.85 bits per heavy atom. The average molecular weight is 273 g/mol. The molecule has 110 valence electrons. The van der Waals surface area contributed by atoms with Gasteiger partial charge in [0.2, 0.25) is 0 Å². The fraction of sp³-hybridized carbons (Fsp3) is 0.611. The van der Waals surface area contributed by atoms with Crippen molar-refractivity contribution < 1.29 is 4.79 Å². The van der Waals surface area contributed by atoms with Crippen LogP contribution < -0.4 is 5.32 Å². The Morgan fingerprint density at radius 1 is 1.20 bits per heavy atom. The maximum Gasteiger partial charge on any atom is 0.251 e. The molecule has 1 amide bonds. The van der Waals surface area contributed by atoms with Crippen LogP contribution in [0.25, 0.3) is 0 Å². The summed E-state index contributed by atoms with van der Waals surface area (Å²) in [7, 11) is 0. The lowest BCUT2D eigenvalue weighted by Crippen LogP contribution is -2.43. The Balaban J connectivity index is 1.97. The van der Waals surface area contributed by atoms with Crippen molar-refractivity contribution >= 4 is 5.91 Å². The Hall–Kier alpha value is -1.31. The van der Waals surface area contributed by atoms with Crippen molar-refractivity contribution in [2.24, 2.45) is 16.7 Å². The van der Waals surface area contributed by atoms with Gasteiger partial charge in [-0.15, -0.1) is 0 Å². The maximum atomic E-state index is 12.2. The summed E-state index contributed by atoms with van der Waals surface area (Å²) in [6.07, 6.45) is 3.67. The predicted molar refractivity (Wildman–Crippen MR) is 83.7 cm³/mol. The molecule has 1 aliphatic carbocycles. The summed E-state index contributed by atoms with van der Waals surface area (Å²) in [4.78, 5) is 12.2. The summed E-state index contributed by atoms with van der Waals surface area (Å²) in [5.41, 5.74) is 1.34. The first-order valence-electron chi connectivity index (χ1n) is 7.63. The third kappa shape index (κ3) is 3.84. The van der Waals surface area contributed by atoms with Crippen molar-refractivity contribution in [3.05, 3.63) is 35.9 Å². The molecule has 1 N–H and O–H groups in total. The van der Waals surface area contributed by atoms with E-state index in [1.807, 2.05) is 30.3 Å². The van der Waals surface area contributed by atoms with Gasteiger partial charge in [0.1, 0.15) is 0 Å². The van der Waals surface area contributed by atoms with Crippen LogP contribution in [0, 0.1) is 16.7 Å². The van der Waals surface area contributed by atoms with Gasteiger partial charge in [-0.25, -0.2) is 0 Å². The number of hydrogen-bond donors (Lipinski definition) is 1. The summed E-state index contributed by atoms with van der Waals surface area (Å²) in [5, 5.41) is 3.13. The highest BCUT2D eigenvalue weighted by molar-refractivity contribution is 5.94. The number of carbonyl (C=O) groups is 1. The fourth-order valence-corrected chi connectivity index (χ4v) is 4.28. The van der Waals surface area contributed by atoms with E-state index in [0.29, 0.717) is 5.41 Å². The van der Waals surface area contributed by atoms with Crippen LogP contribution in [0.3, 0.4) is 0 Å². The van der Waals surface area contributed by atoms with E-state index in [4.69, 9.17) is 0 Å². The molecule has 2 heteroatoms. The summed E-state index contributed by atoms with van der Waals surface area (Å²) >= 11 is 0. The van der Waals surface area contributed by atoms with Crippen LogP contribution in [0.1, 0.15) is 57.3 Å². The predicted octanol–water partition coefficient (Wildman–Crippen LogP) is 4.27. The van der Waals surface area contributed by atoms with Gasteiger partial charge < -0.3 is 5.32 Å². The molecule has 1 aliphatic rings. The number of hydrogen-bond acceptors (Lipinski definition) is 1. The van der Waals surface area contributed by atoms with Crippen LogP contribution in [-0.2, 0) is 0 Å². The zero-order valence-electron chi connectivity index (χ0n) is 13.2. The molecule has 0 spiro atoms. The van der Waals surface area contributed by atoms with Crippen molar-refractivity contribution in [1.82, 2.24) is 5.32 Å². The third-order valence-electron chi connectivity index (χ3n) is 4.36. The minimum Gasteiger partial charge on any atom is -0.351 e. The molecular formula is C18H27NO. The topological polar surface area (TPSA) is 29.1 Å². The molecule has 20 heavy (non-hydrogen) atoms. The monoisotopic (exact) mass is 273 g/mol. The third-order valence-corrected chi connectivity index (χ3v) is 4.36. The molecule has 2 atom stereocenters. The van der Waals surface area contributed by atoms with Crippen LogP contribution >= 0.6 is 0 Å². The quantitative estimate of drug-likeness (QED) is 0.875. The lowest BCUT2D eigenvalue weighted by molar-refractivity contribution is 0.0570. The Kier molecular flexibility index (Phi) is 4.22. The van der Waals surface area contributed by atoms with Gasteiger partial charge in [0, 0.05) is 12.1 Å². The second kappa shape index (κ2) is 5.59. The number of amides is 1. The fourth-order valence-electron chi connectivity index (χ4n) is 4.28. The van der Waals surface area contributed by atoms with E-state index in [0.717, 1.165) is 18.0 Å². The smallest absolute Gasteiger partial charge is 0.251 e. The van der Waals surface area contributed by atoms with Gasteiger partial charge in [0.05, 0.1) is 0 Å². The second-order valence-electron chi connectivity index (χ2n) is 7.71. The zero-order valence-corrected chi connectivity index (χ0v) is 13.2.